The zero-order chi connectivity index (χ0) is 17.7. The summed E-state index contributed by atoms with van der Waals surface area (Å²) in [5, 5.41) is 5.89. The van der Waals surface area contributed by atoms with E-state index in [0.717, 1.165) is 11.1 Å². The molecule has 0 aliphatic carbocycles. The molecule has 0 aliphatic rings. The van der Waals surface area contributed by atoms with Gasteiger partial charge in [-0.3, -0.25) is 9.59 Å². The molecule has 0 saturated carbocycles. The van der Waals surface area contributed by atoms with Crippen molar-refractivity contribution < 1.29 is 14.3 Å². The molecule has 0 heterocycles. The molecule has 0 radical (unpaired) electrons. The van der Waals surface area contributed by atoms with Crippen LogP contribution in [0.15, 0.2) is 36.4 Å². The SMILES string of the molecule is COc1cc(C)c(Cl)c(C)c1NC(=O)CNC(=O)c1ccccc1. The van der Waals surface area contributed by atoms with Crippen LogP contribution in [-0.2, 0) is 4.79 Å². The molecule has 2 N–H and O–H groups in total. The second-order valence-corrected chi connectivity index (χ2v) is 5.68. The Kier molecular flexibility index (Phi) is 5.82. The summed E-state index contributed by atoms with van der Waals surface area (Å²) < 4.78 is 5.30. The van der Waals surface area contributed by atoms with Crippen LogP contribution in [0, 0.1) is 13.8 Å². The van der Waals surface area contributed by atoms with Gasteiger partial charge in [0.1, 0.15) is 5.75 Å². The van der Waals surface area contributed by atoms with Crippen molar-refractivity contribution in [1.82, 2.24) is 5.32 Å². The van der Waals surface area contributed by atoms with Gasteiger partial charge in [0, 0.05) is 10.6 Å². The minimum Gasteiger partial charge on any atom is -0.495 e. The Morgan fingerprint density at radius 2 is 1.83 bits per heavy atom. The number of hydrogen-bond donors (Lipinski definition) is 2. The lowest BCUT2D eigenvalue weighted by molar-refractivity contribution is -0.115. The smallest absolute Gasteiger partial charge is 0.251 e. The lowest BCUT2D eigenvalue weighted by Gasteiger charge is -2.16. The Balaban J connectivity index is 2.05. The predicted molar refractivity (Wildman–Crippen MR) is 94.9 cm³/mol. The number of anilines is 1. The van der Waals surface area contributed by atoms with Gasteiger partial charge in [-0.2, -0.15) is 0 Å². The minimum absolute atomic E-state index is 0.151. The van der Waals surface area contributed by atoms with Gasteiger partial charge in [0.2, 0.25) is 5.91 Å². The van der Waals surface area contributed by atoms with Gasteiger partial charge in [-0.05, 0) is 43.2 Å². The molecule has 0 unspecified atom stereocenters. The van der Waals surface area contributed by atoms with Crippen LogP contribution in [0.25, 0.3) is 0 Å². The quantitative estimate of drug-likeness (QED) is 0.872. The number of aryl methyl sites for hydroxylation is 1. The van der Waals surface area contributed by atoms with E-state index in [1.807, 2.05) is 13.0 Å². The monoisotopic (exact) mass is 346 g/mol. The first kappa shape index (κ1) is 17.8. The Morgan fingerprint density at radius 1 is 1.17 bits per heavy atom. The van der Waals surface area contributed by atoms with Crippen LogP contribution >= 0.6 is 11.6 Å². The number of hydrogen-bond acceptors (Lipinski definition) is 3. The van der Waals surface area contributed by atoms with Crippen LogP contribution in [0.2, 0.25) is 5.02 Å². The number of halogens is 1. The van der Waals surface area contributed by atoms with Crippen molar-refractivity contribution in [2.75, 3.05) is 19.0 Å². The standard InChI is InChI=1S/C18H19ClN2O3/c1-11-9-14(24-3)17(12(2)16(11)19)21-15(22)10-20-18(23)13-7-5-4-6-8-13/h4-9H,10H2,1-3H3,(H,20,23)(H,21,22). The fourth-order valence-electron chi connectivity index (χ4n) is 2.27. The first-order valence-corrected chi connectivity index (χ1v) is 7.78. The van der Waals surface area contributed by atoms with Crippen molar-refractivity contribution >= 4 is 29.1 Å². The van der Waals surface area contributed by atoms with Crippen molar-refractivity contribution in [3.63, 3.8) is 0 Å². The maximum absolute atomic E-state index is 12.1. The zero-order valence-electron chi connectivity index (χ0n) is 13.8. The largest absolute Gasteiger partial charge is 0.495 e. The lowest BCUT2D eigenvalue weighted by atomic mass is 10.1. The Hall–Kier alpha value is -2.53. The van der Waals surface area contributed by atoms with E-state index in [0.29, 0.717) is 22.0 Å². The van der Waals surface area contributed by atoms with E-state index in [-0.39, 0.29) is 18.4 Å². The van der Waals surface area contributed by atoms with E-state index in [9.17, 15) is 9.59 Å². The first-order chi connectivity index (χ1) is 11.4. The fraction of sp³-hybridized carbons (Fsp3) is 0.222. The molecule has 2 aromatic rings. The molecule has 24 heavy (non-hydrogen) atoms. The van der Waals surface area contributed by atoms with Gasteiger partial charge in [-0.1, -0.05) is 29.8 Å². The van der Waals surface area contributed by atoms with Gasteiger partial charge in [0.05, 0.1) is 19.3 Å². The van der Waals surface area contributed by atoms with Crippen LogP contribution in [-0.4, -0.2) is 25.5 Å². The molecule has 2 rings (SSSR count). The van der Waals surface area contributed by atoms with Crippen LogP contribution < -0.4 is 15.4 Å². The zero-order valence-corrected chi connectivity index (χ0v) is 14.5. The third-order valence-corrected chi connectivity index (χ3v) is 4.16. The summed E-state index contributed by atoms with van der Waals surface area (Å²) >= 11 is 6.23. The molecular formula is C18H19ClN2O3. The normalized spacial score (nSPS) is 10.2. The fourth-order valence-corrected chi connectivity index (χ4v) is 2.42. The molecule has 2 aromatic carbocycles. The Labute approximate surface area is 146 Å². The second-order valence-electron chi connectivity index (χ2n) is 5.31. The third-order valence-electron chi connectivity index (χ3n) is 3.57. The van der Waals surface area contributed by atoms with E-state index in [2.05, 4.69) is 10.6 Å². The lowest BCUT2D eigenvalue weighted by Crippen LogP contribution is -2.33. The van der Waals surface area contributed by atoms with E-state index >= 15 is 0 Å². The molecule has 0 bridgehead atoms. The van der Waals surface area contributed by atoms with E-state index in [1.165, 1.54) is 7.11 Å². The van der Waals surface area contributed by atoms with E-state index < -0.39 is 0 Å². The van der Waals surface area contributed by atoms with Gasteiger partial charge in [-0.15, -0.1) is 0 Å². The van der Waals surface area contributed by atoms with Crippen molar-refractivity contribution in [2.24, 2.45) is 0 Å². The summed E-state index contributed by atoms with van der Waals surface area (Å²) in [6.45, 7) is 3.52. The van der Waals surface area contributed by atoms with Crippen molar-refractivity contribution in [3.8, 4) is 5.75 Å². The molecular weight excluding hydrogens is 328 g/mol. The number of rotatable bonds is 5. The van der Waals surface area contributed by atoms with Crippen LogP contribution in [0.1, 0.15) is 21.5 Å². The van der Waals surface area contributed by atoms with E-state index in [4.69, 9.17) is 16.3 Å². The topological polar surface area (TPSA) is 67.4 Å². The molecule has 0 spiro atoms. The maximum Gasteiger partial charge on any atom is 0.251 e. The van der Waals surface area contributed by atoms with Gasteiger partial charge in [0.15, 0.2) is 0 Å². The molecule has 0 aliphatic heterocycles. The molecule has 0 fully saturated rings. The summed E-state index contributed by atoms with van der Waals surface area (Å²) in [5.74, 6) is -0.144. The third kappa shape index (κ3) is 4.06. The second kappa shape index (κ2) is 7.84. The van der Waals surface area contributed by atoms with Gasteiger partial charge >= 0.3 is 0 Å². The average Bonchev–Trinajstić information content (AvgIpc) is 2.60. The summed E-state index contributed by atoms with van der Waals surface area (Å²) in [6.07, 6.45) is 0. The highest BCUT2D eigenvalue weighted by Gasteiger charge is 2.15. The number of methoxy groups -OCH3 is 1. The molecule has 0 atom stereocenters. The molecule has 0 saturated heterocycles. The minimum atomic E-state index is -0.361. The molecule has 6 heteroatoms. The number of amides is 2. The maximum atomic E-state index is 12.1. The van der Waals surface area contributed by atoms with Crippen molar-refractivity contribution in [3.05, 3.63) is 58.1 Å². The van der Waals surface area contributed by atoms with Crippen LogP contribution in [0.4, 0.5) is 5.69 Å². The highest BCUT2D eigenvalue weighted by molar-refractivity contribution is 6.32. The first-order valence-electron chi connectivity index (χ1n) is 7.40. The summed E-state index contributed by atoms with van der Waals surface area (Å²) in [6, 6.07) is 10.5. The Morgan fingerprint density at radius 3 is 2.46 bits per heavy atom. The molecule has 5 nitrogen and oxygen atoms in total. The number of ether oxygens (including phenoxy) is 1. The van der Waals surface area contributed by atoms with Crippen LogP contribution in [0.5, 0.6) is 5.75 Å². The Bertz CT molecular complexity index is 761. The molecule has 0 aromatic heterocycles. The number of carbonyl (C=O) groups is 2. The van der Waals surface area contributed by atoms with Crippen LogP contribution in [0.3, 0.4) is 0 Å². The van der Waals surface area contributed by atoms with Gasteiger partial charge in [-0.25, -0.2) is 0 Å². The summed E-state index contributed by atoms with van der Waals surface area (Å²) in [7, 11) is 1.52. The summed E-state index contributed by atoms with van der Waals surface area (Å²) in [5.41, 5.74) is 2.59. The predicted octanol–water partition coefficient (Wildman–Crippen LogP) is 3.33. The van der Waals surface area contributed by atoms with Crippen molar-refractivity contribution in [2.45, 2.75) is 13.8 Å². The van der Waals surface area contributed by atoms with Crippen molar-refractivity contribution in [1.29, 1.82) is 0 Å². The van der Waals surface area contributed by atoms with Gasteiger partial charge < -0.3 is 15.4 Å². The van der Waals surface area contributed by atoms with Gasteiger partial charge in [0.25, 0.3) is 5.91 Å². The number of benzene rings is 2. The average molecular weight is 347 g/mol. The summed E-state index contributed by atoms with van der Waals surface area (Å²) in [4.78, 5) is 24.1. The molecule has 126 valence electrons. The number of nitrogens with one attached hydrogen (secondary N) is 2. The highest BCUT2D eigenvalue weighted by Crippen LogP contribution is 2.35. The molecule has 2 amide bonds. The highest BCUT2D eigenvalue weighted by atomic mass is 35.5. The van der Waals surface area contributed by atoms with E-state index in [1.54, 1.807) is 37.3 Å². The number of carbonyl (C=O) groups excluding carboxylic acids is 2.